The maximum Gasteiger partial charge on any atom is 0.157 e. The molecule has 4 fully saturated rings. The Hall–Kier alpha value is -1.16. The number of carbonyl (C=O) groups excluding carboxylic acids is 1. The Morgan fingerprint density at radius 1 is 1.10 bits per heavy atom. The molecule has 1 N–H and O–H groups in total. The summed E-state index contributed by atoms with van der Waals surface area (Å²) < 4.78 is 1.83. The van der Waals surface area contributed by atoms with Crippen LogP contribution in [-0.2, 0) is 11.3 Å². The molecule has 0 amide bonds. The summed E-state index contributed by atoms with van der Waals surface area (Å²) in [5.74, 6) is 4.53. The van der Waals surface area contributed by atoms with Gasteiger partial charge in [0.15, 0.2) is 5.78 Å². The molecule has 1 heterocycles. The van der Waals surface area contributed by atoms with Gasteiger partial charge in [-0.2, -0.15) is 5.10 Å². The van der Waals surface area contributed by atoms with E-state index in [-0.39, 0.29) is 11.3 Å². The van der Waals surface area contributed by atoms with Crippen molar-refractivity contribution in [3.8, 4) is 0 Å². The highest BCUT2D eigenvalue weighted by Crippen LogP contribution is 2.64. The number of hydrogen-bond donors (Lipinski definition) is 1. The number of Topliss-reactive ketones (excluding diaryl/α,β-unsaturated/α-hetero) is 1. The average Bonchev–Trinajstić information content (AvgIpc) is 3.22. The molecular formula is C25H38N2O2. The number of rotatable bonds is 3. The van der Waals surface area contributed by atoms with Crippen LogP contribution in [0.5, 0.6) is 0 Å². The molecule has 0 aliphatic heterocycles. The third-order valence-corrected chi connectivity index (χ3v) is 9.72. The van der Waals surface area contributed by atoms with Gasteiger partial charge in [0.2, 0.25) is 0 Å². The van der Waals surface area contributed by atoms with Crippen molar-refractivity contribution < 1.29 is 9.90 Å². The third kappa shape index (κ3) is 3.30. The van der Waals surface area contributed by atoms with E-state index in [0.717, 1.165) is 54.5 Å². The minimum Gasteiger partial charge on any atom is -0.390 e. The highest BCUT2D eigenvalue weighted by molar-refractivity contribution is 5.82. The van der Waals surface area contributed by atoms with Crippen molar-refractivity contribution in [1.29, 1.82) is 0 Å². The predicted octanol–water partition coefficient (Wildman–Crippen LogP) is 4.78. The molecule has 0 bridgehead atoms. The zero-order valence-corrected chi connectivity index (χ0v) is 18.4. The Labute approximate surface area is 175 Å². The van der Waals surface area contributed by atoms with Gasteiger partial charge in [-0.3, -0.25) is 9.48 Å². The van der Waals surface area contributed by atoms with Crippen LogP contribution in [0.1, 0.15) is 77.3 Å². The summed E-state index contributed by atoms with van der Waals surface area (Å²) in [6, 6.07) is 1.98. The smallest absolute Gasteiger partial charge is 0.157 e. The fourth-order valence-electron chi connectivity index (χ4n) is 8.43. The molecule has 4 saturated carbocycles. The Kier molecular flexibility index (Phi) is 4.73. The lowest BCUT2D eigenvalue weighted by Gasteiger charge is -2.56. The largest absolute Gasteiger partial charge is 0.390 e. The van der Waals surface area contributed by atoms with Gasteiger partial charge in [0.25, 0.3) is 0 Å². The number of ketones is 1. The van der Waals surface area contributed by atoms with Gasteiger partial charge in [-0.05, 0) is 113 Å². The lowest BCUT2D eigenvalue weighted by Crippen LogP contribution is -2.51. The molecule has 5 rings (SSSR count). The first kappa shape index (κ1) is 19.8. The van der Waals surface area contributed by atoms with Crippen molar-refractivity contribution in [2.75, 3.05) is 0 Å². The fourth-order valence-corrected chi connectivity index (χ4v) is 8.43. The Bertz CT molecular complexity index is 784. The normalized spacial score (nSPS) is 46.6. The first-order valence-corrected chi connectivity index (χ1v) is 12.0. The first-order chi connectivity index (χ1) is 13.8. The fraction of sp³-hybridized carbons (Fsp3) is 0.840. The van der Waals surface area contributed by atoms with E-state index in [1.54, 1.807) is 0 Å². The number of fused-ring (bicyclic) bond motifs is 5. The van der Waals surface area contributed by atoms with Gasteiger partial charge in [0.05, 0.1) is 17.8 Å². The van der Waals surface area contributed by atoms with Gasteiger partial charge < -0.3 is 5.11 Å². The van der Waals surface area contributed by atoms with Gasteiger partial charge in [0, 0.05) is 12.1 Å². The second-order valence-electron chi connectivity index (χ2n) is 11.5. The van der Waals surface area contributed by atoms with E-state index < -0.39 is 5.60 Å². The zero-order chi connectivity index (χ0) is 20.4. The summed E-state index contributed by atoms with van der Waals surface area (Å²) in [5.41, 5.74) is 0.734. The Morgan fingerprint density at radius 2 is 1.90 bits per heavy atom. The molecule has 1 aromatic rings. The number of hydrogen-bond acceptors (Lipinski definition) is 3. The molecule has 0 aromatic carbocycles. The van der Waals surface area contributed by atoms with Gasteiger partial charge in [-0.15, -0.1) is 0 Å². The average molecular weight is 399 g/mol. The van der Waals surface area contributed by atoms with E-state index in [4.69, 9.17) is 0 Å². The topological polar surface area (TPSA) is 55.1 Å². The molecule has 4 nitrogen and oxygen atoms in total. The molecule has 4 aliphatic rings. The summed E-state index contributed by atoms with van der Waals surface area (Å²) in [4.78, 5) is 13.3. The summed E-state index contributed by atoms with van der Waals surface area (Å²) >= 11 is 0. The van der Waals surface area contributed by atoms with Gasteiger partial charge in [0.1, 0.15) is 0 Å². The minimum atomic E-state index is -0.438. The van der Waals surface area contributed by atoms with Crippen LogP contribution in [0.25, 0.3) is 0 Å². The summed E-state index contributed by atoms with van der Waals surface area (Å²) in [6.07, 6.45) is 12.6. The molecule has 0 spiro atoms. The maximum absolute atomic E-state index is 13.3. The summed E-state index contributed by atoms with van der Waals surface area (Å²) in [7, 11) is 0. The van der Waals surface area contributed by atoms with E-state index in [1.807, 2.05) is 30.8 Å². The lowest BCUT2D eigenvalue weighted by molar-refractivity contribution is -0.133. The molecule has 8 atom stereocenters. The first-order valence-electron chi connectivity index (χ1n) is 12.0. The summed E-state index contributed by atoms with van der Waals surface area (Å²) in [6.45, 7) is 6.90. The van der Waals surface area contributed by atoms with E-state index in [2.05, 4.69) is 12.0 Å². The quantitative estimate of drug-likeness (QED) is 0.797. The van der Waals surface area contributed by atoms with Crippen molar-refractivity contribution in [3.05, 3.63) is 18.0 Å². The van der Waals surface area contributed by atoms with Crippen molar-refractivity contribution >= 4 is 5.78 Å². The number of aryl methyl sites for hydroxylation is 1. The minimum absolute atomic E-state index is 0.188. The van der Waals surface area contributed by atoms with Gasteiger partial charge in [-0.25, -0.2) is 0 Å². The van der Waals surface area contributed by atoms with Gasteiger partial charge >= 0.3 is 0 Å². The number of nitrogens with zero attached hydrogens (tertiary/aromatic N) is 2. The van der Waals surface area contributed by atoms with E-state index in [1.165, 1.54) is 38.5 Å². The lowest BCUT2D eigenvalue weighted by atomic mass is 9.49. The van der Waals surface area contributed by atoms with Crippen LogP contribution < -0.4 is 0 Å². The van der Waals surface area contributed by atoms with Crippen LogP contribution >= 0.6 is 0 Å². The third-order valence-electron chi connectivity index (χ3n) is 9.72. The van der Waals surface area contributed by atoms with Crippen molar-refractivity contribution in [3.63, 3.8) is 0 Å². The van der Waals surface area contributed by atoms with E-state index in [9.17, 15) is 9.90 Å². The van der Waals surface area contributed by atoms with Crippen LogP contribution in [0.3, 0.4) is 0 Å². The van der Waals surface area contributed by atoms with Crippen molar-refractivity contribution in [2.45, 2.75) is 90.7 Å². The standard InChI is InChI=1S/C25H38N2O2/c1-16-10-13-27(26-16)15-23(28)22-7-6-21-20-5-4-17-14-24(2,29)11-8-18(17)19(20)9-12-25(21,22)3/h10,13,17-22,29H,4-9,11-12,14-15H2,1-3H3. The molecule has 0 saturated heterocycles. The van der Waals surface area contributed by atoms with Crippen LogP contribution in [0.15, 0.2) is 12.3 Å². The molecule has 0 radical (unpaired) electrons. The molecule has 160 valence electrons. The number of aliphatic hydroxyl groups is 1. The van der Waals surface area contributed by atoms with E-state index in [0.29, 0.717) is 12.3 Å². The van der Waals surface area contributed by atoms with Crippen molar-refractivity contribution in [2.24, 2.45) is 40.9 Å². The SMILES string of the molecule is Cc1ccn(CC(=O)C2CCC3C4CCC5CC(C)(O)CCC5C4CCC23C)n1. The Morgan fingerprint density at radius 3 is 2.66 bits per heavy atom. The molecule has 4 aliphatic carbocycles. The van der Waals surface area contributed by atoms with Crippen LogP contribution in [0.2, 0.25) is 0 Å². The van der Waals surface area contributed by atoms with Crippen molar-refractivity contribution in [1.82, 2.24) is 9.78 Å². The molecule has 29 heavy (non-hydrogen) atoms. The monoisotopic (exact) mass is 398 g/mol. The summed E-state index contributed by atoms with van der Waals surface area (Å²) in [5, 5.41) is 15.0. The van der Waals surface area contributed by atoms with Gasteiger partial charge in [-0.1, -0.05) is 6.92 Å². The van der Waals surface area contributed by atoms with Crippen LogP contribution in [0.4, 0.5) is 0 Å². The highest BCUT2D eigenvalue weighted by atomic mass is 16.3. The second kappa shape index (κ2) is 6.93. The molecule has 8 unspecified atom stereocenters. The zero-order valence-electron chi connectivity index (χ0n) is 18.4. The number of aromatic nitrogens is 2. The predicted molar refractivity (Wildman–Crippen MR) is 113 cm³/mol. The van der Waals surface area contributed by atoms with Crippen LogP contribution in [0, 0.1) is 47.8 Å². The van der Waals surface area contributed by atoms with Crippen LogP contribution in [-0.4, -0.2) is 26.3 Å². The molecule has 1 aromatic heterocycles. The molecular weight excluding hydrogens is 360 g/mol. The Balaban J connectivity index is 1.31. The molecule has 4 heteroatoms. The maximum atomic E-state index is 13.3. The second-order valence-corrected chi connectivity index (χ2v) is 11.5. The highest BCUT2D eigenvalue weighted by Gasteiger charge is 2.58. The van der Waals surface area contributed by atoms with E-state index >= 15 is 0 Å². The number of carbonyl (C=O) groups is 1.